The average molecular weight is 581 g/mol. The van der Waals surface area contributed by atoms with Crippen LogP contribution in [-0.2, 0) is 25.1 Å². The largest absolute Gasteiger partial charge is 0.481 e. The molecule has 0 aliphatic heterocycles. The van der Waals surface area contributed by atoms with Crippen molar-refractivity contribution in [3.8, 4) is 28.1 Å². The molecule has 12 nitrogen and oxygen atoms in total. The molecule has 0 bridgehead atoms. The highest BCUT2D eigenvalue weighted by Crippen LogP contribution is 2.44. The molecule has 216 valence electrons. The highest BCUT2D eigenvalue weighted by atomic mass is 31.2. The van der Waals surface area contributed by atoms with Gasteiger partial charge in [-0.05, 0) is 44.8 Å². The predicted molar refractivity (Wildman–Crippen MR) is 156 cm³/mol. The van der Waals surface area contributed by atoms with Gasteiger partial charge in [-0.1, -0.05) is 6.08 Å². The van der Waals surface area contributed by atoms with Gasteiger partial charge in [0.05, 0.1) is 25.6 Å². The quantitative estimate of drug-likeness (QED) is 0.190. The smallest absolute Gasteiger partial charge is 0.473 e. The first-order valence-corrected chi connectivity index (χ1v) is 14.3. The second-order valence-electron chi connectivity index (χ2n) is 9.33. The molecule has 4 rings (SSSR count). The zero-order valence-corrected chi connectivity index (χ0v) is 24.5. The minimum atomic E-state index is -4.23. The minimum Gasteiger partial charge on any atom is -0.481 e. The number of rotatable bonds is 12. The summed E-state index contributed by atoms with van der Waals surface area (Å²) < 4.78 is 29.1. The first-order valence-electron chi connectivity index (χ1n) is 12.8. The van der Waals surface area contributed by atoms with Crippen LogP contribution in [0.15, 0.2) is 67.4 Å². The number of ether oxygens (including phenoxy) is 1. The minimum absolute atomic E-state index is 0.0319. The molecule has 0 aromatic carbocycles. The number of pyridine rings is 3. The molecule has 0 fully saturated rings. The Morgan fingerprint density at radius 2 is 1.85 bits per heavy atom. The molecule has 13 heteroatoms. The maximum Gasteiger partial charge on any atom is 0.473 e. The first-order chi connectivity index (χ1) is 19.6. The van der Waals surface area contributed by atoms with Crippen LogP contribution in [0.1, 0.15) is 6.92 Å². The third-order valence-corrected chi connectivity index (χ3v) is 7.15. The van der Waals surface area contributed by atoms with Crippen LogP contribution in [0, 0.1) is 0 Å². The molecule has 41 heavy (non-hydrogen) atoms. The molecule has 0 radical (unpaired) electrons. The highest BCUT2D eigenvalue weighted by Gasteiger charge is 2.22. The summed E-state index contributed by atoms with van der Waals surface area (Å²) in [6.07, 6.45) is 11.8. The van der Waals surface area contributed by atoms with Gasteiger partial charge >= 0.3 is 7.82 Å². The van der Waals surface area contributed by atoms with Gasteiger partial charge in [0.2, 0.25) is 11.8 Å². The molecular weight excluding hydrogens is 547 g/mol. The van der Waals surface area contributed by atoms with Crippen LogP contribution in [0.25, 0.3) is 33.3 Å². The number of phosphoric acid groups is 1. The lowest BCUT2D eigenvalue weighted by atomic mass is 10.0. The molecule has 0 saturated heterocycles. The van der Waals surface area contributed by atoms with E-state index >= 15 is 0 Å². The van der Waals surface area contributed by atoms with E-state index in [1.807, 2.05) is 43.3 Å². The van der Waals surface area contributed by atoms with Gasteiger partial charge in [-0.3, -0.25) is 18.8 Å². The topological polar surface area (TPSA) is 132 Å². The summed E-state index contributed by atoms with van der Waals surface area (Å²) in [6.45, 7) is 2.03. The highest BCUT2D eigenvalue weighted by molar-refractivity contribution is 7.47. The van der Waals surface area contributed by atoms with Gasteiger partial charge in [0.1, 0.15) is 12.4 Å². The summed E-state index contributed by atoms with van der Waals surface area (Å²) in [4.78, 5) is 39.3. The number of carbonyl (C=O) groups is 1. The lowest BCUT2D eigenvalue weighted by Crippen LogP contribution is -2.24. The summed E-state index contributed by atoms with van der Waals surface area (Å²) in [5.41, 5.74) is 4.26. The van der Waals surface area contributed by atoms with Gasteiger partial charge in [0.25, 0.3) is 0 Å². The number of anilines is 1. The zero-order valence-electron chi connectivity index (χ0n) is 23.6. The Morgan fingerprint density at radius 1 is 1.07 bits per heavy atom. The number of carbonyl (C=O) groups excluding carboxylic acids is 1. The van der Waals surface area contributed by atoms with Crippen LogP contribution < -0.4 is 9.64 Å². The van der Waals surface area contributed by atoms with Crippen molar-refractivity contribution in [2.75, 3.05) is 46.3 Å². The molecule has 4 aromatic heterocycles. The van der Waals surface area contributed by atoms with E-state index in [1.54, 1.807) is 55.6 Å². The van der Waals surface area contributed by atoms with E-state index in [-0.39, 0.29) is 19.2 Å². The third-order valence-electron chi connectivity index (χ3n) is 6.13. The van der Waals surface area contributed by atoms with Gasteiger partial charge in [-0.2, -0.15) is 0 Å². The number of fused-ring (bicyclic) bond motifs is 1. The van der Waals surface area contributed by atoms with Gasteiger partial charge in [0, 0.05) is 72.6 Å². The Labute approximate surface area is 238 Å². The molecule has 1 unspecified atom stereocenters. The number of phosphoric ester groups is 1. The zero-order chi connectivity index (χ0) is 29.6. The molecule has 0 aliphatic rings. The van der Waals surface area contributed by atoms with Gasteiger partial charge < -0.3 is 24.0 Å². The number of hydrogen-bond donors (Lipinski definition) is 1. The maximum absolute atomic E-state index is 12.7. The fraction of sp³-hybridized carbons (Fsp3) is 0.286. The van der Waals surface area contributed by atoms with E-state index in [9.17, 15) is 14.3 Å². The lowest BCUT2D eigenvalue weighted by Gasteiger charge is -2.16. The Kier molecular flexibility index (Phi) is 9.64. The number of aromatic nitrogens is 4. The van der Waals surface area contributed by atoms with Crippen molar-refractivity contribution < 1.29 is 28.0 Å². The Bertz CT molecular complexity index is 1600. The molecule has 0 spiro atoms. The van der Waals surface area contributed by atoms with E-state index in [0.29, 0.717) is 23.8 Å². The first kappa shape index (κ1) is 30.0. The van der Waals surface area contributed by atoms with E-state index in [2.05, 4.69) is 15.0 Å². The average Bonchev–Trinajstić information content (AvgIpc) is 3.33. The van der Waals surface area contributed by atoms with Crippen molar-refractivity contribution in [2.45, 2.75) is 13.7 Å². The van der Waals surface area contributed by atoms with E-state index in [0.717, 1.165) is 27.6 Å². The number of hydrogen-bond acceptors (Lipinski definition) is 9. The Hall–Kier alpha value is -3.93. The van der Waals surface area contributed by atoms with Gasteiger partial charge in [-0.25, -0.2) is 14.5 Å². The Balaban J connectivity index is 1.73. The van der Waals surface area contributed by atoms with Crippen molar-refractivity contribution in [3.05, 3.63) is 67.4 Å². The fourth-order valence-electron chi connectivity index (χ4n) is 4.05. The fourth-order valence-corrected chi connectivity index (χ4v) is 4.73. The van der Waals surface area contributed by atoms with Crippen LogP contribution in [0.4, 0.5) is 5.69 Å². The SMILES string of the molecule is CCOP(=O)(O)OCn1cc(-c2ccnc(OC)c2)c2cc(-c3cncc(N(C)C(=O)/C=C/CN(C)C)c3)cnc21. The van der Waals surface area contributed by atoms with Crippen LogP contribution in [-0.4, -0.2) is 76.6 Å². The number of likely N-dealkylation sites (N-methyl/N-ethyl adjacent to an activating group) is 2. The van der Waals surface area contributed by atoms with Crippen LogP contribution in [0.2, 0.25) is 0 Å². The van der Waals surface area contributed by atoms with Crippen LogP contribution in [0.5, 0.6) is 5.88 Å². The van der Waals surface area contributed by atoms with Crippen molar-refractivity contribution >= 4 is 30.5 Å². The van der Waals surface area contributed by atoms with Crippen molar-refractivity contribution in [1.29, 1.82) is 0 Å². The van der Waals surface area contributed by atoms with Crippen molar-refractivity contribution in [3.63, 3.8) is 0 Å². The molecule has 1 atom stereocenters. The van der Waals surface area contributed by atoms with Crippen molar-refractivity contribution in [1.82, 2.24) is 24.4 Å². The van der Waals surface area contributed by atoms with E-state index < -0.39 is 7.82 Å². The molecule has 1 amide bonds. The lowest BCUT2D eigenvalue weighted by molar-refractivity contribution is -0.113. The molecule has 0 saturated carbocycles. The molecule has 1 N–H and O–H groups in total. The van der Waals surface area contributed by atoms with Crippen LogP contribution in [0.3, 0.4) is 0 Å². The number of methoxy groups -OCH3 is 1. The predicted octanol–water partition coefficient (Wildman–Crippen LogP) is 4.36. The van der Waals surface area contributed by atoms with Gasteiger partial charge in [0.15, 0.2) is 0 Å². The molecule has 4 aromatic rings. The summed E-state index contributed by atoms with van der Waals surface area (Å²) in [7, 11) is 2.86. The van der Waals surface area contributed by atoms with Gasteiger partial charge in [-0.15, -0.1) is 0 Å². The molecular formula is C28H33N6O6P. The van der Waals surface area contributed by atoms with Crippen molar-refractivity contribution in [2.24, 2.45) is 0 Å². The number of amides is 1. The monoisotopic (exact) mass is 580 g/mol. The summed E-state index contributed by atoms with van der Waals surface area (Å²) in [5, 5.41) is 0.755. The van der Waals surface area contributed by atoms with E-state index in [4.69, 9.17) is 13.8 Å². The maximum atomic E-state index is 12.7. The van der Waals surface area contributed by atoms with E-state index in [1.165, 1.54) is 18.1 Å². The number of nitrogens with zero attached hydrogens (tertiary/aromatic N) is 6. The third kappa shape index (κ3) is 7.43. The van der Waals surface area contributed by atoms with Crippen LogP contribution >= 0.6 is 7.82 Å². The standard InChI is InChI=1S/C28H33N6O6P/c1-6-39-41(36,37)40-19-34-18-25(20-9-10-30-26(14-20)38-5)24-13-22(16-31-28(24)34)21-12-23(17-29-15-21)33(4)27(35)8-7-11-32(2)3/h7-10,12-18H,6,11,19H2,1-5H3,(H,36,37)/b8-7+. The molecule has 0 aliphatic carbocycles. The normalized spacial score (nSPS) is 13.1. The summed E-state index contributed by atoms with van der Waals surface area (Å²) >= 11 is 0. The second-order valence-corrected chi connectivity index (χ2v) is 10.8. The molecule has 4 heterocycles. The summed E-state index contributed by atoms with van der Waals surface area (Å²) in [6, 6.07) is 7.43. The second kappa shape index (κ2) is 13.2. The Morgan fingerprint density at radius 3 is 2.59 bits per heavy atom. The summed E-state index contributed by atoms with van der Waals surface area (Å²) in [5.74, 6) is 0.266.